The van der Waals surface area contributed by atoms with Gasteiger partial charge >= 0.3 is 0 Å². The molecule has 0 saturated carbocycles. The SMILES string of the molecule is Cc1ccnc(Oc2cccc3c2c(C)cn3Cc2ccc(F)cc2F)c1. The molecule has 0 spiro atoms. The van der Waals surface area contributed by atoms with E-state index < -0.39 is 11.6 Å². The smallest absolute Gasteiger partial charge is 0.219 e. The third-order valence-corrected chi connectivity index (χ3v) is 4.52. The molecule has 27 heavy (non-hydrogen) atoms. The molecule has 0 fully saturated rings. The Labute approximate surface area is 155 Å². The van der Waals surface area contributed by atoms with Crippen LogP contribution in [0.1, 0.15) is 16.7 Å². The first-order chi connectivity index (χ1) is 13.0. The highest BCUT2D eigenvalue weighted by Crippen LogP contribution is 2.33. The summed E-state index contributed by atoms with van der Waals surface area (Å²) in [5, 5.41) is 0.948. The second kappa shape index (κ2) is 6.83. The minimum Gasteiger partial charge on any atom is -0.438 e. The molecule has 0 unspecified atom stereocenters. The number of aryl methyl sites for hydroxylation is 2. The number of halogens is 2. The van der Waals surface area contributed by atoms with Crippen LogP contribution in [0, 0.1) is 25.5 Å². The number of hydrogen-bond donors (Lipinski definition) is 0. The van der Waals surface area contributed by atoms with Gasteiger partial charge in [0.05, 0.1) is 12.1 Å². The zero-order chi connectivity index (χ0) is 19.0. The first-order valence-electron chi connectivity index (χ1n) is 8.64. The molecule has 0 aliphatic rings. The van der Waals surface area contributed by atoms with Crippen LogP contribution in [-0.4, -0.2) is 9.55 Å². The summed E-state index contributed by atoms with van der Waals surface area (Å²) in [6.45, 7) is 4.27. The molecule has 2 aromatic heterocycles. The van der Waals surface area contributed by atoms with Gasteiger partial charge in [-0.3, -0.25) is 0 Å². The highest BCUT2D eigenvalue weighted by molar-refractivity contribution is 5.90. The molecule has 0 aliphatic heterocycles. The molecule has 2 aromatic carbocycles. The van der Waals surface area contributed by atoms with Crippen molar-refractivity contribution < 1.29 is 13.5 Å². The lowest BCUT2D eigenvalue weighted by atomic mass is 10.1. The molecule has 0 aliphatic carbocycles. The molecule has 0 atom stereocenters. The molecule has 0 amide bonds. The van der Waals surface area contributed by atoms with Crippen molar-refractivity contribution >= 4 is 10.9 Å². The minimum absolute atomic E-state index is 0.308. The summed E-state index contributed by atoms with van der Waals surface area (Å²) < 4.78 is 35.2. The maximum atomic E-state index is 14.1. The van der Waals surface area contributed by atoms with Crippen LogP contribution in [0.15, 0.2) is 60.9 Å². The number of rotatable bonds is 4. The highest BCUT2D eigenvalue weighted by atomic mass is 19.1. The largest absolute Gasteiger partial charge is 0.438 e. The van der Waals surface area contributed by atoms with Crippen molar-refractivity contribution in [2.24, 2.45) is 0 Å². The Balaban J connectivity index is 1.74. The van der Waals surface area contributed by atoms with Gasteiger partial charge in [-0.2, -0.15) is 0 Å². The third kappa shape index (κ3) is 3.40. The van der Waals surface area contributed by atoms with Crippen molar-refractivity contribution in [3.63, 3.8) is 0 Å². The van der Waals surface area contributed by atoms with Crippen LogP contribution in [0.3, 0.4) is 0 Å². The van der Waals surface area contributed by atoms with Crippen LogP contribution < -0.4 is 4.74 Å². The van der Waals surface area contributed by atoms with Gasteiger partial charge < -0.3 is 9.30 Å². The fraction of sp³-hybridized carbons (Fsp3) is 0.136. The van der Waals surface area contributed by atoms with Gasteiger partial charge in [0.15, 0.2) is 0 Å². The Bertz CT molecular complexity index is 1130. The molecular formula is C22H18F2N2O. The molecule has 0 saturated heterocycles. The predicted molar refractivity (Wildman–Crippen MR) is 101 cm³/mol. The molecule has 0 radical (unpaired) electrons. The molecule has 3 nitrogen and oxygen atoms in total. The fourth-order valence-corrected chi connectivity index (χ4v) is 3.25. The number of fused-ring (bicyclic) bond motifs is 1. The van der Waals surface area contributed by atoms with Gasteiger partial charge in [-0.15, -0.1) is 0 Å². The van der Waals surface area contributed by atoms with E-state index in [0.29, 0.717) is 23.7 Å². The lowest BCUT2D eigenvalue weighted by Crippen LogP contribution is -2.01. The van der Waals surface area contributed by atoms with Gasteiger partial charge in [0, 0.05) is 35.5 Å². The fourth-order valence-electron chi connectivity index (χ4n) is 3.25. The van der Waals surface area contributed by atoms with Gasteiger partial charge in [0.1, 0.15) is 17.4 Å². The minimum atomic E-state index is -0.578. The summed E-state index contributed by atoms with van der Waals surface area (Å²) >= 11 is 0. The van der Waals surface area contributed by atoms with E-state index >= 15 is 0 Å². The Morgan fingerprint density at radius 3 is 2.67 bits per heavy atom. The second-order valence-corrected chi connectivity index (χ2v) is 6.60. The van der Waals surface area contributed by atoms with E-state index in [2.05, 4.69) is 4.98 Å². The Morgan fingerprint density at radius 1 is 1.04 bits per heavy atom. The van der Waals surface area contributed by atoms with E-state index in [9.17, 15) is 8.78 Å². The van der Waals surface area contributed by atoms with E-state index in [1.165, 1.54) is 12.1 Å². The first kappa shape index (κ1) is 17.2. The van der Waals surface area contributed by atoms with Crippen LogP contribution in [0.4, 0.5) is 8.78 Å². The van der Waals surface area contributed by atoms with Crippen LogP contribution in [0.5, 0.6) is 11.6 Å². The molecule has 4 rings (SSSR count). The molecular weight excluding hydrogens is 346 g/mol. The maximum Gasteiger partial charge on any atom is 0.219 e. The average molecular weight is 364 g/mol. The number of benzene rings is 2. The zero-order valence-corrected chi connectivity index (χ0v) is 15.0. The maximum absolute atomic E-state index is 14.1. The molecule has 4 aromatic rings. The van der Waals surface area contributed by atoms with Crippen LogP contribution >= 0.6 is 0 Å². The van der Waals surface area contributed by atoms with Crippen molar-refractivity contribution in [1.29, 1.82) is 0 Å². The zero-order valence-electron chi connectivity index (χ0n) is 15.0. The van der Waals surface area contributed by atoms with Crippen molar-refractivity contribution in [3.05, 3.63) is 89.2 Å². The summed E-state index contributed by atoms with van der Waals surface area (Å²) in [5.74, 6) is 0.0951. The van der Waals surface area contributed by atoms with Crippen molar-refractivity contribution in [2.75, 3.05) is 0 Å². The summed E-state index contributed by atoms with van der Waals surface area (Å²) in [6, 6.07) is 13.2. The van der Waals surface area contributed by atoms with Gasteiger partial charge in [0.25, 0.3) is 0 Å². The topological polar surface area (TPSA) is 27.1 Å². The molecule has 2 heterocycles. The van der Waals surface area contributed by atoms with E-state index in [4.69, 9.17) is 4.74 Å². The van der Waals surface area contributed by atoms with Crippen molar-refractivity contribution in [2.45, 2.75) is 20.4 Å². The highest BCUT2D eigenvalue weighted by Gasteiger charge is 2.13. The summed E-state index contributed by atoms with van der Waals surface area (Å²) in [7, 11) is 0. The van der Waals surface area contributed by atoms with Gasteiger partial charge in [0.2, 0.25) is 5.88 Å². The molecule has 0 N–H and O–H groups in total. The van der Waals surface area contributed by atoms with Gasteiger partial charge in [-0.05, 0) is 49.2 Å². The quantitative estimate of drug-likeness (QED) is 0.459. The number of aromatic nitrogens is 2. The summed E-state index contributed by atoms with van der Waals surface area (Å²) in [4.78, 5) is 4.25. The number of ether oxygens (including phenoxy) is 1. The van der Waals surface area contributed by atoms with Crippen molar-refractivity contribution in [3.8, 4) is 11.6 Å². The normalized spacial score (nSPS) is 11.1. The van der Waals surface area contributed by atoms with E-state index in [-0.39, 0.29) is 0 Å². The lowest BCUT2D eigenvalue weighted by molar-refractivity contribution is 0.467. The monoisotopic (exact) mass is 364 g/mol. The van der Waals surface area contributed by atoms with Crippen LogP contribution in [0.25, 0.3) is 10.9 Å². The van der Waals surface area contributed by atoms with Crippen molar-refractivity contribution in [1.82, 2.24) is 9.55 Å². The first-order valence-corrected chi connectivity index (χ1v) is 8.64. The van der Waals surface area contributed by atoms with E-state index in [0.717, 1.165) is 28.1 Å². The van der Waals surface area contributed by atoms with E-state index in [1.54, 1.807) is 6.20 Å². The third-order valence-electron chi connectivity index (χ3n) is 4.52. The Kier molecular flexibility index (Phi) is 4.36. The molecule has 5 heteroatoms. The van der Waals surface area contributed by atoms with Gasteiger partial charge in [-0.25, -0.2) is 13.8 Å². The standard InChI is InChI=1S/C22H18F2N2O/c1-14-8-9-25-21(10-14)27-20-5-3-4-19-22(20)15(2)12-26(19)13-16-6-7-17(23)11-18(16)24/h3-12H,13H2,1-2H3. The number of pyridine rings is 1. The molecule has 136 valence electrons. The van der Waals surface area contributed by atoms with Crippen LogP contribution in [-0.2, 0) is 6.54 Å². The summed E-state index contributed by atoms with van der Waals surface area (Å²) in [6.07, 6.45) is 3.66. The number of nitrogens with zero attached hydrogens (tertiary/aromatic N) is 2. The lowest BCUT2D eigenvalue weighted by Gasteiger charge is -2.09. The Morgan fingerprint density at radius 2 is 1.89 bits per heavy atom. The average Bonchev–Trinajstić information content (AvgIpc) is 2.94. The predicted octanol–water partition coefficient (Wildman–Crippen LogP) is 5.77. The molecule has 0 bridgehead atoms. The van der Waals surface area contributed by atoms with Crippen LogP contribution in [0.2, 0.25) is 0 Å². The second-order valence-electron chi connectivity index (χ2n) is 6.60. The summed E-state index contributed by atoms with van der Waals surface area (Å²) in [5.41, 5.74) is 3.42. The Hall–Kier alpha value is -3.21. The number of hydrogen-bond acceptors (Lipinski definition) is 2. The van der Waals surface area contributed by atoms with E-state index in [1.807, 2.05) is 54.9 Å². The van der Waals surface area contributed by atoms with Gasteiger partial charge in [-0.1, -0.05) is 12.1 Å².